The molecule has 12 heavy (non-hydrogen) atoms. The van der Waals surface area contributed by atoms with Crippen molar-refractivity contribution in [3.63, 3.8) is 0 Å². The minimum absolute atomic E-state index is 0. The Bertz CT molecular complexity index is 260. The molecule has 0 aromatic heterocycles. The molecule has 0 saturated heterocycles. The van der Waals surface area contributed by atoms with Gasteiger partial charge in [0.2, 0.25) is 0 Å². The van der Waals surface area contributed by atoms with Gasteiger partial charge in [-0.15, -0.1) is 12.4 Å². The van der Waals surface area contributed by atoms with Gasteiger partial charge in [0.1, 0.15) is 0 Å². The lowest BCUT2D eigenvalue weighted by molar-refractivity contribution is 0.595. The van der Waals surface area contributed by atoms with E-state index in [1.807, 2.05) is 0 Å². The van der Waals surface area contributed by atoms with Gasteiger partial charge in [0.25, 0.3) is 0 Å². The third-order valence-corrected chi connectivity index (χ3v) is 2.23. The Labute approximate surface area is 79.6 Å². The van der Waals surface area contributed by atoms with Gasteiger partial charge < -0.3 is 5.32 Å². The SMILES string of the molecule is C[C@H]1CNc2ccccc2C1.Cl. The molecule has 1 atom stereocenters. The molecule has 1 heterocycles. The maximum absolute atomic E-state index is 3.41. The third kappa shape index (κ3) is 1.72. The molecule has 1 aliphatic rings. The van der Waals surface area contributed by atoms with Gasteiger partial charge in [-0.25, -0.2) is 0 Å². The van der Waals surface area contributed by atoms with Crippen LogP contribution in [0.25, 0.3) is 0 Å². The summed E-state index contributed by atoms with van der Waals surface area (Å²) in [5.74, 6) is 0.782. The first-order valence-electron chi connectivity index (χ1n) is 4.18. The van der Waals surface area contributed by atoms with Crippen molar-refractivity contribution in [2.45, 2.75) is 13.3 Å². The predicted octanol–water partition coefficient (Wildman–Crippen LogP) is 2.71. The van der Waals surface area contributed by atoms with E-state index in [1.54, 1.807) is 0 Å². The van der Waals surface area contributed by atoms with E-state index in [2.05, 4.69) is 36.5 Å². The Morgan fingerprint density at radius 3 is 2.92 bits per heavy atom. The van der Waals surface area contributed by atoms with Crippen LogP contribution < -0.4 is 5.32 Å². The van der Waals surface area contributed by atoms with Crippen molar-refractivity contribution in [2.24, 2.45) is 5.92 Å². The number of hydrogen-bond donors (Lipinski definition) is 1. The maximum atomic E-state index is 3.41. The van der Waals surface area contributed by atoms with E-state index in [-0.39, 0.29) is 12.4 Å². The van der Waals surface area contributed by atoms with Crippen molar-refractivity contribution in [3.05, 3.63) is 29.8 Å². The topological polar surface area (TPSA) is 12.0 Å². The molecule has 2 heteroatoms. The zero-order valence-electron chi connectivity index (χ0n) is 7.21. The average molecular weight is 184 g/mol. The van der Waals surface area contributed by atoms with Crippen molar-refractivity contribution in [1.82, 2.24) is 0 Å². The van der Waals surface area contributed by atoms with E-state index < -0.39 is 0 Å². The number of halogens is 1. The second kappa shape index (κ2) is 3.81. The summed E-state index contributed by atoms with van der Waals surface area (Å²) >= 11 is 0. The Kier molecular flexibility index (Phi) is 2.99. The Morgan fingerprint density at radius 1 is 1.33 bits per heavy atom. The third-order valence-electron chi connectivity index (χ3n) is 2.23. The quantitative estimate of drug-likeness (QED) is 0.652. The molecular formula is C10H14ClN. The van der Waals surface area contributed by atoms with Crippen molar-refractivity contribution < 1.29 is 0 Å². The molecule has 0 unspecified atom stereocenters. The fourth-order valence-electron chi connectivity index (χ4n) is 1.60. The van der Waals surface area contributed by atoms with E-state index in [4.69, 9.17) is 0 Å². The van der Waals surface area contributed by atoms with Crippen molar-refractivity contribution in [2.75, 3.05) is 11.9 Å². The van der Waals surface area contributed by atoms with Crippen molar-refractivity contribution in [1.29, 1.82) is 0 Å². The summed E-state index contributed by atoms with van der Waals surface area (Å²) in [4.78, 5) is 0. The van der Waals surface area contributed by atoms with Crippen LogP contribution in [0, 0.1) is 5.92 Å². The largest absolute Gasteiger partial charge is 0.385 e. The van der Waals surface area contributed by atoms with Crippen molar-refractivity contribution >= 4 is 18.1 Å². The highest BCUT2D eigenvalue weighted by atomic mass is 35.5. The van der Waals surface area contributed by atoms with E-state index in [0.29, 0.717) is 0 Å². The Morgan fingerprint density at radius 2 is 2.08 bits per heavy atom. The van der Waals surface area contributed by atoms with Crippen LogP contribution in [-0.4, -0.2) is 6.54 Å². The normalized spacial score (nSPS) is 20.2. The summed E-state index contributed by atoms with van der Waals surface area (Å²) in [6.07, 6.45) is 1.23. The minimum atomic E-state index is 0. The molecule has 0 spiro atoms. The summed E-state index contributed by atoms with van der Waals surface area (Å²) in [5, 5.41) is 3.41. The fourth-order valence-corrected chi connectivity index (χ4v) is 1.60. The molecule has 0 aliphatic carbocycles. The standard InChI is InChI=1S/C10H13N.ClH/c1-8-6-9-4-2-3-5-10(9)11-7-8;/h2-5,8,11H,6-7H2,1H3;1H/t8-;/m1./s1. The molecule has 1 aliphatic heterocycles. The summed E-state index contributed by atoms with van der Waals surface area (Å²) < 4.78 is 0. The molecule has 2 rings (SSSR count). The van der Waals surface area contributed by atoms with E-state index in [0.717, 1.165) is 12.5 Å². The number of benzene rings is 1. The second-order valence-corrected chi connectivity index (χ2v) is 3.35. The number of hydrogen-bond acceptors (Lipinski definition) is 1. The highest BCUT2D eigenvalue weighted by Crippen LogP contribution is 2.23. The van der Waals surface area contributed by atoms with Gasteiger partial charge in [0.15, 0.2) is 0 Å². The Hall–Kier alpha value is -0.690. The van der Waals surface area contributed by atoms with Gasteiger partial charge in [-0.2, -0.15) is 0 Å². The summed E-state index contributed by atoms with van der Waals surface area (Å²) in [5.41, 5.74) is 2.79. The molecule has 1 aromatic rings. The summed E-state index contributed by atoms with van der Waals surface area (Å²) in [6.45, 7) is 3.40. The number of nitrogens with one attached hydrogen (secondary N) is 1. The molecule has 1 aromatic carbocycles. The lowest BCUT2D eigenvalue weighted by atomic mass is 9.96. The van der Waals surface area contributed by atoms with Gasteiger partial charge in [-0.1, -0.05) is 25.1 Å². The van der Waals surface area contributed by atoms with Crippen molar-refractivity contribution in [3.8, 4) is 0 Å². The molecule has 66 valence electrons. The van der Waals surface area contributed by atoms with E-state index >= 15 is 0 Å². The monoisotopic (exact) mass is 183 g/mol. The average Bonchev–Trinajstić information content (AvgIpc) is 2.04. The lowest BCUT2D eigenvalue weighted by Crippen LogP contribution is -2.20. The number of rotatable bonds is 0. The number of para-hydroxylation sites is 1. The summed E-state index contributed by atoms with van der Waals surface area (Å²) in [6, 6.07) is 8.56. The first kappa shape index (κ1) is 9.40. The molecule has 0 amide bonds. The predicted molar refractivity (Wildman–Crippen MR) is 55.0 cm³/mol. The van der Waals surface area contributed by atoms with Crippen LogP contribution >= 0.6 is 12.4 Å². The van der Waals surface area contributed by atoms with Gasteiger partial charge in [-0.3, -0.25) is 0 Å². The lowest BCUT2D eigenvalue weighted by Gasteiger charge is -2.22. The molecular weight excluding hydrogens is 170 g/mol. The molecule has 0 saturated carbocycles. The fraction of sp³-hybridized carbons (Fsp3) is 0.400. The number of fused-ring (bicyclic) bond motifs is 1. The van der Waals surface area contributed by atoms with Gasteiger partial charge in [-0.05, 0) is 24.0 Å². The van der Waals surface area contributed by atoms with Crippen LogP contribution in [0.15, 0.2) is 24.3 Å². The van der Waals surface area contributed by atoms with Crippen LogP contribution in [0.4, 0.5) is 5.69 Å². The van der Waals surface area contributed by atoms with E-state index in [1.165, 1.54) is 17.7 Å². The highest BCUT2D eigenvalue weighted by molar-refractivity contribution is 5.85. The van der Waals surface area contributed by atoms with Crippen LogP contribution in [0.1, 0.15) is 12.5 Å². The summed E-state index contributed by atoms with van der Waals surface area (Å²) in [7, 11) is 0. The van der Waals surface area contributed by atoms with E-state index in [9.17, 15) is 0 Å². The first-order valence-corrected chi connectivity index (χ1v) is 4.18. The van der Waals surface area contributed by atoms with Gasteiger partial charge in [0.05, 0.1) is 0 Å². The smallest absolute Gasteiger partial charge is 0.0372 e. The molecule has 0 radical (unpaired) electrons. The highest BCUT2D eigenvalue weighted by Gasteiger charge is 2.12. The second-order valence-electron chi connectivity index (χ2n) is 3.35. The zero-order valence-corrected chi connectivity index (χ0v) is 8.03. The van der Waals surface area contributed by atoms with Crippen LogP contribution in [0.5, 0.6) is 0 Å². The molecule has 0 fully saturated rings. The Balaban J connectivity index is 0.000000720. The first-order chi connectivity index (χ1) is 5.36. The van der Waals surface area contributed by atoms with Crippen LogP contribution in [-0.2, 0) is 6.42 Å². The van der Waals surface area contributed by atoms with Crippen LogP contribution in [0.2, 0.25) is 0 Å². The molecule has 1 nitrogen and oxygen atoms in total. The number of anilines is 1. The maximum Gasteiger partial charge on any atom is 0.0372 e. The van der Waals surface area contributed by atoms with Gasteiger partial charge in [0, 0.05) is 12.2 Å². The molecule has 1 N–H and O–H groups in total. The van der Waals surface area contributed by atoms with Gasteiger partial charge >= 0.3 is 0 Å². The minimum Gasteiger partial charge on any atom is -0.385 e. The molecule has 0 bridgehead atoms. The zero-order chi connectivity index (χ0) is 7.68. The van der Waals surface area contributed by atoms with Crippen LogP contribution in [0.3, 0.4) is 0 Å².